The fourth-order valence-electron chi connectivity index (χ4n) is 1.11. The Kier molecular flexibility index (Phi) is 9.18. The van der Waals surface area contributed by atoms with Gasteiger partial charge >= 0.3 is 5.97 Å². The van der Waals surface area contributed by atoms with Crippen LogP contribution in [0.2, 0.25) is 0 Å². The first-order valence-electron chi connectivity index (χ1n) is 5.61. The van der Waals surface area contributed by atoms with Crippen LogP contribution in [0.1, 0.15) is 27.2 Å². The molecule has 0 spiro atoms. The summed E-state index contributed by atoms with van der Waals surface area (Å²) in [5.41, 5.74) is 0. The van der Waals surface area contributed by atoms with Crippen LogP contribution < -0.4 is 0 Å². The summed E-state index contributed by atoms with van der Waals surface area (Å²) in [6.45, 7) is 7.46. The minimum Gasteiger partial charge on any atom is -0.479 e. The molecular formula is C11H22O5. The lowest BCUT2D eigenvalue weighted by atomic mass is 10.2. The molecule has 96 valence electrons. The standard InChI is InChI=1S/C11H22O5/c1-4-15-10(11(12)13)5-6-14-7-8-16-9(2)3/h9-10H,4-8H2,1-3H3,(H,12,13). The summed E-state index contributed by atoms with van der Waals surface area (Å²) in [7, 11) is 0. The van der Waals surface area contributed by atoms with Gasteiger partial charge in [-0.25, -0.2) is 4.79 Å². The van der Waals surface area contributed by atoms with Crippen LogP contribution in [0.5, 0.6) is 0 Å². The van der Waals surface area contributed by atoms with Gasteiger partial charge in [0.2, 0.25) is 0 Å². The highest BCUT2D eigenvalue weighted by Crippen LogP contribution is 1.99. The number of aliphatic carboxylic acids is 1. The molecule has 0 heterocycles. The van der Waals surface area contributed by atoms with Gasteiger partial charge in [-0.2, -0.15) is 0 Å². The van der Waals surface area contributed by atoms with E-state index in [1.54, 1.807) is 6.92 Å². The van der Waals surface area contributed by atoms with Gasteiger partial charge in [-0.1, -0.05) is 0 Å². The van der Waals surface area contributed by atoms with E-state index >= 15 is 0 Å². The van der Waals surface area contributed by atoms with Crippen LogP contribution in [-0.4, -0.2) is 49.7 Å². The maximum atomic E-state index is 10.7. The summed E-state index contributed by atoms with van der Waals surface area (Å²) in [6, 6.07) is 0. The van der Waals surface area contributed by atoms with E-state index in [1.165, 1.54) is 0 Å². The fraction of sp³-hybridized carbons (Fsp3) is 0.909. The molecule has 0 rings (SSSR count). The van der Waals surface area contributed by atoms with Gasteiger partial charge in [-0.05, 0) is 20.8 Å². The first-order valence-corrected chi connectivity index (χ1v) is 5.61. The third kappa shape index (κ3) is 8.64. The third-order valence-electron chi connectivity index (χ3n) is 1.85. The Balaban J connectivity index is 3.44. The van der Waals surface area contributed by atoms with Crippen LogP contribution >= 0.6 is 0 Å². The van der Waals surface area contributed by atoms with E-state index in [-0.39, 0.29) is 6.10 Å². The topological polar surface area (TPSA) is 65.0 Å². The molecule has 0 saturated heterocycles. The highest BCUT2D eigenvalue weighted by Gasteiger charge is 2.16. The van der Waals surface area contributed by atoms with Gasteiger partial charge < -0.3 is 19.3 Å². The second kappa shape index (κ2) is 9.57. The summed E-state index contributed by atoms with van der Waals surface area (Å²) < 4.78 is 15.6. The Morgan fingerprint density at radius 1 is 1.19 bits per heavy atom. The molecule has 0 aromatic carbocycles. The number of rotatable bonds is 10. The summed E-state index contributed by atoms with van der Waals surface area (Å²) in [5.74, 6) is -0.941. The minimum atomic E-state index is -0.941. The zero-order chi connectivity index (χ0) is 12.4. The summed E-state index contributed by atoms with van der Waals surface area (Å²) in [4.78, 5) is 10.7. The normalized spacial score (nSPS) is 13.0. The molecule has 0 radical (unpaired) electrons. The third-order valence-corrected chi connectivity index (χ3v) is 1.85. The van der Waals surface area contributed by atoms with Crippen molar-refractivity contribution in [3.8, 4) is 0 Å². The van der Waals surface area contributed by atoms with E-state index in [4.69, 9.17) is 19.3 Å². The lowest BCUT2D eigenvalue weighted by Gasteiger charge is -2.12. The Bertz CT molecular complexity index is 181. The summed E-state index contributed by atoms with van der Waals surface area (Å²) in [5, 5.41) is 8.77. The van der Waals surface area contributed by atoms with Crippen molar-refractivity contribution in [1.82, 2.24) is 0 Å². The van der Waals surface area contributed by atoms with Crippen molar-refractivity contribution in [2.24, 2.45) is 0 Å². The number of carboxylic acid groups (broad SMARTS) is 1. The maximum absolute atomic E-state index is 10.7. The number of carboxylic acids is 1. The number of carbonyl (C=O) groups is 1. The lowest BCUT2D eigenvalue weighted by molar-refractivity contribution is -0.151. The largest absolute Gasteiger partial charge is 0.479 e. The molecule has 0 aromatic rings. The molecule has 0 fully saturated rings. The van der Waals surface area contributed by atoms with Crippen LogP contribution in [0.4, 0.5) is 0 Å². The molecule has 16 heavy (non-hydrogen) atoms. The van der Waals surface area contributed by atoms with Crippen LogP contribution in [0, 0.1) is 0 Å². The first-order chi connectivity index (χ1) is 7.57. The second-order valence-electron chi connectivity index (χ2n) is 3.60. The predicted molar refractivity (Wildman–Crippen MR) is 59.6 cm³/mol. The molecule has 0 saturated carbocycles. The van der Waals surface area contributed by atoms with Crippen molar-refractivity contribution in [2.45, 2.75) is 39.4 Å². The Morgan fingerprint density at radius 3 is 2.38 bits per heavy atom. The first kappa shape index (κ1) is 15.3. The van der Waals surface area contributed by atoms with Gasteiger partial charge in [0.05, 0.1) is 19.3 Å². The molecular weight excluding hydrogens is 212 g/mol. The average molecular weight is 234 g/mol. The van der Waals surface area contributed by atoms with Crippen molar-refractivity contribution in [2.75, 3.05) is 26.4 Å². The monoisotopic (exact) mass is 234 g/mol. The second-order valence-corrected chi connectivity index (χ2v) is 3.60. The van der Waals surface area contributed by atoms with Crippen molar-refractivity contribution < 1.29 is 24.1 Å². The zero-order valence-corrected chi connectivity index (χ0v) is 10.3. The quantitative estimate of drug-likeness (QED) is 0.577. The number of hydrogen-bond acceptors (Lipinski definition) is 4. The van der Waals surface area contributed by atoms with Crippen LogP contribution in [0.15, 0.2) is 0 Å². The van der Waals surface area contributed by atoms with E-state index in [0.29, 0.717) is 32.8 Å². The van der Waals surface area contributed by atoms with Crippen molar-refractivity contribution in [1.29, 1.82) is 0 Å². The molecule has 0 amide bonds. The number of hydrogen-bond donors (Lipinski definition) is 1. The fourth-order valence-corrected chi connectivity index (χ4v) is 1.11. The zero-order valence-electron chi connectivity index (χ0n) is 10.3. The van der Waals surface area contributed by atoms with Gasteiger partial charge in [0, 0.05) is 19.6 Å². The molecule has 0 aliphatic carbocycles. The molecule has 1 N–H and O–H groups in total. The van der Waals surface area contributed by atoms with Crippen LogP contribution in [-0.2, 0) is 19.0 Å². The lowest BCUT2D eigenvalue weighted by Crippen LogP contribution is -2.25. The molecule has 1 atom stereocenters. The Morgan fingerprint density at radius 2 is 1.88 bits per heavy atom. The molecule has 0 aliphatic heterocycles. The molecule has 5 nitrogen and oxygen atoms in total. The van der Waals surface area contributed by atoms with Crippen LogP contribution in [0.3, 0.4) is 0 Å². The molecule has 0 bridgehead atoms. The van der Waals surface area contributed by atoms with Gasteiger partial charge in [-0.15, -0.1) is 0 Å². The summed E-state index contributed by atoms with van der Waals surface area (Å²) >= 11 is 0. The van der Waals surface area contributed by atoms with Gasteiger partial charge in [0.15, 0.2) is 6.10 Å². The predicted octanol–water partition coefficient (Wildman–Crippen LogP) is 1.31. The number of ether oxygens (including phenoxy) is 3. The highest BCUT2D eigenvalue weighted by atomic mass is 16.5. The van der Waals surface area contributed by atoms with E-state index in [2.05, 4.69) is 0 Å². The van der Waals surface area contributed by atoms with Crippen molar-refractivity contribution in [3.05, 3.63) is 0 Å². The van der Waals surface area contributed by atoms with Crippen LogP contribution in [0.25, 0.3) is 0 Å². The van der Waals surface area contributed by atoms with Crippen molar-refractivity contribution >= 4 is 5.97 Å². The van der Waals surface area contributed by atoms with Gasteiger partial charge in [0.1, 0.15) is 0 Å². The SMILES string of the molecule is CCOC(CCOCCOC(C)C)C(=O)O. The van der Waals surface area contributed by atoms with Gasteiger partial charge in [0.25, 0.3) is 0 Å². The van der Waals surface area contributed by atoms with E-state index in [9.17, 15) is 4.79 Å². The Labute approximate surface area is 96.7 Å². The van der Waals surface area contributed by atoms with E-state index in [0.717, 1.165) is 0 Å². The smallest absolute Gasteiger partial charge is 0.332 e. The highest BCUT2D eigenvalue weighted by molar-refractivity contribution is 5.72. The summed E-state index contributed by atoms with van der Waals surface area (Å²) in [6.07, 6.45) is -0.208. The maximum Gasteiger partial charge on any atom is 0.332 e. The molecule has 5 heteroatoms. The van der Waals surface area contributed by atoms with Crippen molar-refractivity contribution in [3.63, 3.8) is 0 Å². The Hall–Kier alpha value is -0.650. The minimum absolute atomic E-state index is 0.193. The van der Waals surface area contributed by atoms with E-state index < -0.39 is 12.1 Å². The molecule has 0 aliphatic rings. The molecule has 0 aromatic heterocycles. The molecule has 1 unspecified atom stereocenters. The average Bonchev–Trinajstić information content (AvgIpc) is 2.20. The van der Waals surface area contributed by atoms with Gasteiger partial charge in [-0.3, -0.25) is 0 Å². The van der Waals surface area contributed by atoms with E-state index in [1.807, 2.05) is 13.8 Å².